The molecule has 0 spiro atoms. The number of methoxy groups -OCH3 is 2. The van der Waals surface area contributed by atoms with Gasteiger partial charge in [0.2, 0.25) is 0 Å². The number of ether oxygens (including phenoxy) is 2. The topological polar surface area (TPSA) is 18.5 Å². The number of hydrogen-bond acceptors (Lipinski definition) is 2. The Hall–Kier alpha value is 0.142. The van der Waals surface area contributed by atoms with Gasteiger partial charge in [0.1, 0.15) is 11.5 Å². The quantitative estimate of drug-likeness (QED) is 0.199. The Bertz CT molecular complexity index is 892. The molecule has 6 rings (SSSR count). The van der Waals surface area contributed by atoms with Crippen LogP contribution in [0.1, 0.15) is 103 Å². The maximum atomic E-state index is 5.44. The van der Waals surface area contributed by atoms with Crippen molar-refractivity contribution < 1.29 is 25.4 Å². The van der Waals surface area contributed by atoms with E-state index in [2.05, 4.69) is 48.5 Å². The first kappa shape index (κ1) is 34.0. The Labute approximate surface area is 269 Å². The molecular formula is C34H50Cl2O2P2Pd. The van der Waals surface area contributed by atoms with Crippen LogP contribution in [0, 0.1) is 0 Å². The maximum absolute atomic E-state index is 5.44. The molecule has 0 aliphatic heterocycles. The Morgan fingerprint density at radius 1 is 0.537 bits per heavy atom. The van der Waals surface area contributed by atoms with Crippen molar-refractivity contribution in [2.45, 2.75) is 125 Å². The van der Waals surface area contributed by atoms with E-state index in [4.69, 9.17) is 28.5 Å². The minimum atomic E-state index is -0.106. The summed E-state index contributed by atoms with van der Waals surface area (Å²) in [6, 6.07) is 17.9. The minimum absolute atomic E-state index is 0.0401. The molecule has 4 saturated carbocycles. The molecule has 2 aromatic carbocycles. The predicted octanol–water partition coefficient (Wildman–Crippen LogP) is 10.8. The van der Waals surface area contributed by atoms with E-state index in [0.717, 1.165) is 34.1 Å². The molecule has 0 aromatic heterocycles. The normalized spacial score (nSPS) is 20.3. The summed E-state index contributed by atoms with van der Waals surface area (Å²) in [5.41, 5.74) is 3.96. The fourth-order valence-electron chi connectivity index (χ4n) is 7.71. The van der Waals surface area contributed by atoms with Crippen molar-refractivity contribution in [1.82, 2.24) is 0 Å². The average Bonchev–Trinajstić information content (AvgIpc) is 3.84. The van der Waals surface area contributed by atoms with E-state index in [1.165, 1.54) is 103 Å². The zero-order valence-corrected chi connectivity index (χ0v) is 29.9. The number of benzene rings is 2. The molecule has 0 N–H and O–H groups in total. The van der Waals surface area contributed by atoms with Crippen LogP contribution in [0.4, 0.5) is 0 Å². The van der Waals surface area contributed by atoms with Gasteiger partial charge in [-0.05, 0) is 109 Å². The third kappa shape index (κ3) is 10.1. The van der Waals surface area contributed by atoms with Crippen molar-refractivity contribution in [3.8, 4) is 11.5 Å². The second-order valence-corrected chi connectivity index (χ2v) is 20.0. The summed E-state index contributed by atoms with van der Waals surface area (Å²) < 4.78 is 10.9. The summed E-state index contributed by atoms with van der Waals surface area (Å²) in [7, 11) is 13.3. The van der Waals surface area contributed by atoms with Gasteiger partial charge in [-0.1, -0.05) is 91.5 Å². The molecule has 0 atom stereocenters. The van der Waals surface area contributed by atoms with Gasteiger partial charge < -0.3 is 9.47 Å². The van der Waals surface area contributed by atoms with E-state index in [-0.39, 0.29) is 31.8 Å². The summed E-state index contributed by atoms with van der Waals surface area (Å²) in [5.74, 6) is 2.09. The molecule has 0 amide bonds. The van der Waals surface area contributed by atoms with Crippen LogP contribution < -0.4 is 20.1 Å². The van der Waals surface area contributed by atoms with Crippen molar-refractivity contribution >= 4 is 45.5 Å². The second kappa shape index (κ2) is 18.8. The molecule has 0 radical (unpaired) electrons. The van der Waals surface area contributed by atoms with Crippen molar-refractivity contribution in [1.29, 1.82) is 0 Å². The molecule has 232 valence electrons. The van der Waals surface area contributed by atoms with E-state index in [9.17, 15) is 0 Å². The van der Waals surface area contributed by atoms with Gasteiger partial charge in [-0.3, -0.25) is 0 Å². The van der Waals surface area contributed by atoms with E-state index in [0.29, 0.717) is 0 Å². The van der Waals surface area contributed by atoms with E-state index < -0.39 is 0 Å². The van der Waals surface area contributed by atoms with Gasteiger partial charge in [0.05, 0.1) is 14.2 Å². The van der Waals surface area contributed by atoms with Crippen LogP contribution in [0.2, 0.25) is 0 Å². The van der Waals surface area contributed by atoms with Crippen LogP contribution in [0.5, 0.6) is 11.5 Å². The summed E-state index contributed by atoms with van der Waals surface area (Å²) in [5, 5.41) is 3.21. The molecule has 2 aromatic rings. The summed E-state index contributed by atoms with van der Waals surface area (Å²) >= 11 is -0.106. The van der Waals surface area contributed by atoms with Crippen LogP contribution in [-0.2, 0) is 15.9 Å². The Morgan fingerprint density at radius 3 is 1.05 bits per heavy atom. The molecule has 4 aliphatic rings. The average molecular weight is 730 g/mol. The molecule has 41 heavy (non-hydrogen) atoms. The summed E-state index contributed by atoms with van der Waals surface area (Å²) in [6.45, 7) is 0. The van der Waals surface area contributed by atoms with Gasteiger partial charge in [-0.2, -0.15) is 0 Å². The van der Waals surface area contributed by atoms with Gasteiger partial charge in [-0.25, -0.2) is 0 Å². The molecule has 0 bridgehead atoms. The second-order valence-electron chi connectivity index (χ2n) is 12.0. The molecule has 4 fully saturated rings. The van der Waals surface area contributed by atoms with Gasteiger partial charge in [0.15, 0.2) is 0 Å². The van der Waals surface area contributed by atoms with Crippen LogP contribution in [0.25, 0.3) is 0 Å². The molecule has 4 aliphatic carbocycles. The third-order valence-electron chi connectivity index (χ3n) is 9.58. The number of halogens is 2. The molecule has 7 heteroatoms. The van der Waals surface area contributed by atoms with Crippen LogP contribution in [0.15, 0.2) is 48.5 Å². The Morgan fingerprint density at radius 2 is 0.805 bits per heavy atom. The number of rotatable bonds is 8. The zero-order chi connectivity index (χ0) is 28.9. The van der Waals surface area contributed by atoms with Crippen LogP contribution >= 0.6 is 34.9 Å². The first-order valence-electron chi connectivity index (χ1n) is 15.9. The van der Waals surface area contributed by atoms with Crippen LogP contribution in [-0.4, -0.2) is 36.9 Å². The van der Waals surface area contributed by atoms with Crippen molar-refractivity contribution in [2.75, 3.05) is 14.2 Å². The first-order valence-corrected chi connectivity index (χ1v) is 22.8. The SMILES string of the molecule is COc1cccc(P(C2CCCC2)C2CCCC2)c1.COc1cccc(P(C2CCCC2)C2CCCC2)c1.[Cl][Pd][Cl]. The summed E-state index contributed by atoms with van der Waals surface area (Å²) in [4.78, 5) is 0. The predicted molar refractivity (Wildman–Crippen MR) is 180 cm³/mol. The molecule has 0 saturated heterocycles. The molecule has 0 heterocycles. The molecule has 2 nitrogen and oxygen atoms in total. The van der Waals surface area contributed by atoms with Crippen LogP contribution in [0.3, 0.4) is 0 Å². The monoisotopic (exact) mass is 728 g/mol. The van der Waals surface area contributed by atoms with E-state index in [1.807, 2.05) is 0 Å². The van der Waals surface area contributed by atoms with E-state index >= 15 is 0 Å². The van der Waals surface area contributed by atoms with E-state index in [1.54, 1.807) is 24.8 Å². The van der Waals surface area contributed by atoms with Gasteiger partial charge in [0.25, 0.3) is 0 Å². The fourth-order valence-corrected chi connectivity index (χ4v) is 15.3. The molecular weight excluding hydrogens is 680 g/mol. The third-order valence-corrected chi connectivity index (χ3v) is 16.5. The first-order chi connectivity index (χ1) is 20.2. The number of hydrogen-bond donors (Lipinski definition) is 0. The van der Waals surface area contributed by atoms with Gasteiger partial charge in [-0.15, -0.1) is 0 Å². The summed E-state index contributed by atoms with van der Waals surface area (Å²) in [6.07, 6.45) is 23.4. The van der Waals surface area contributed by atoms with Gasteiger partial charge in [0, 0.05) is 0 Å². The fraction of sp³-hybridized carbons (Fsp3) is 0.647. The standard InChI is InChI=1S/2C17H25OP.2ClH.Pd/c2*1-18-14-7-6-12-17(13-14)19(15-8-2-3-9-15)16-10-4-5-11-16;;;/h2*6-7,12-13,15-16H,2-5,8-11H2,1H3;2*1H;/q;;;;+2/p-2. The van der Waals surface area contributed by atoms with Gasteiger partial charge >= 0.3 is 35.0 Å². The van der Waals surface area contributed by atoms with Crippen molar-refractivity contribution in [3.63, 3.8) is 0 Å². The Balaban J connectivity index is 0.000000173. The van der Waals surface area contributed by atoms with Crippen molar-refractivity contribution in [3.05, 3.63) is 48.5 Å². The van der Waals surface area contributed by atoms with Crippen molar-refractivity contribution in [2.24, 2.45) is 0 Å². The Kier molecular flexibility index (Phi) is 15.6. The zero-order valence-electron chi connectivity index (χ0n) is 25.0. The molecule has 0 unspecified atom stereocenters.